The largest absolute Gasteiger partial charge is 0.481 e. The summed E-state index contributed by atoms with van der Waals surface area (Å²) in [6.07, 6.45) is 3.00. The van der Waals surface area contributed by atoms with Crippen molar-refractivity contribution in [1.29, 1.82) is 0 Å². The lowest BCUT2D eigenvalue weighted by Gasteiger charge is -2.30. The topological polar surface area (TPSA) is 80.0 Å². The van der Waals surface area contributed by atoms with Crippen LogP contribution < -0.4 is 0 Å². The van der Waals surface area contributed by atoms with Crippen LogP contribution in [-0.4, -0.2) is 41.6 Å². The van der Waals surface area contributed by atoms with E-state index >= 15 is 0 Å². The van der Waals surface area contributed by atoms with E-state index in [2.05, 4.69) is 0 Å². The lowest BCUT2D eigenvalue weighted by atomic mass is 9.98. The number of carboxylic acid groups (broad SMARTS) is 1. The lowest BCUT2D eigenvalue weighted by Crippen LogP contribution is -2.37. The Kier molecular flexibility index (Phi) is 6.29. The van der Waals surface area contributed by atoms with Crippen molar-refractivity contribution in [3.63, 3.8) is 0 Å². The van der Waals surface area contributed by atoms with E-state index < -0.39 is 5.97 Å². The first-order valence-corrected chi connectivity index (χ1v) is 9.24. The van der Waals surface area contributed by atoms with Gasteiger partial charge in [-0.1, -0.05) is 30.3 Å². The lowest BCUT2D eigenvalue weighted by molar-refractivity contribution is -0.136. The molecule has 1 saturated heterocycles. The summed E-state index contributed by atoms with van der Waals surface area (Å²) in [7, 11) is 0. The summed E-state index contributed by atoms with van der Waals surface area (Å²) in [6.45, 7) is 4.31. The molecule has 1 aliphatic heterocycles. The fraction of sp³-hybridized carbons (Fsp3) is 0.429. The van der Waals surface area contributed by atoms with Crippen molar-refractivity contribution in [2.45, 2.75) is 32.7 Å². The number of amides is 1. The number of carbonyl (C=O) groups excluding carboxylic acids is 1. The second-order valence-corrected chi connectivity index (χ2v) is 7.01. The smallest absolute Gasteiger partial charge is 0.311 e. The van der Waals surface area contributed by atoms with E-state index in [4.69, 9.17) is 14.3 Å². The van der Waals surface area contributed by atoms with E-state index in [1.165, 1.54) is 6.26 Å². The van der Waals surface area contributed by atoms with Gasteiger partial charge in [0.15, 0.2) is 0 Å². The van der Waals surface area contributed by atoms with Crippen LogP contribution in [0.1, 0.15) is 40.1 Å². The Morgan fingerprint density at radius 2 is 1.89 bits per heavy atom. The molecule has 27 heavy (non-hydrogen) atoms. The molecule has 1 amide bonds. The van der Waals surface area contributed by atoms with Gasteiger partial charge in [-0.15, -0.1) is 0 Å². The number of rotatable bonds is 7. The number of carboxylic acids is 1. The molecular weight excluding hydrogens is 346 g/mol. The average Bonchev–Trinajstić information content (AvgIpc) is 3.02. The summed E-state index contributed by atoms with van der Waals surface area (Å²) < 4.78 is 10.8. The number of hydrogen-bond acceptors (Lipinski definition) is 4. The maximum absolute atomic E-state index is 13.3. The third-order valence-corrected chi connectivity index (χ3v) is 4.90. The molecule has 0 saturated carbocycles. The molecule has 2 heterocycles. The van der Waals surface area contributed by atoms with Crippen LogP contribution in [0.15, 0.2) is 41.0 Å². The monoisotopic (exact) mass is 371 g/mol. The van der Waals surface area contributed by atoms with Crippen LogP contribution >= 0.6 is 0 Å². The van der Waals surface area contributed by atoms with E-state index in [1.54, 1.807) is 6.92 Å². The third-order valence-electron chi connectivity index (χ3n) is 4.90. The molecule has 0 spiro atoms. The Balaban J connectivity index is 1.85. The summed E-state index contributed by atoms with van der Waals surface area (Å²) in [5.41, 5.74) is 2.08. The maximum Gasteiger partial charge on any atom is 0.311 e. The van der Waals surface area contributed by atoms with Crippen molar-refractivity contribution in [1.82, 2.24) is 4.90 Å². The molecule has 0 atom stereocenters. The number of benzene rings is 1. The van der Waals surface area contributed by atoms with Crippen LogP contribution in [0.2, 0.25) is 0 Å². The van der Waals surface area contributed by atoms with Gasteiger partial charge in [0.25, 0.3) is 5.91 Å². The molecule has 3 rings (SSSR count). The minimum absolute atomic E-state index is 0.173. The normalized spacial score (nSPS) is 14.9. The molecule has 144 valence electrons. The van der Waals surface area contributed by atoms with Crippen molar-refractivity contribution in [2.24, 2.45) is 5.92 Å². The molecule has 6 heteroatoms. The number of aryl methyl sites for hydroxylation is 1. The number of hydrogen-bond donors (Lipinski definition) is 1. The number of aliphatic carboxylic acids is 1. The van der Waals surface area contributed by atoms with Crippen LogP contribution in [0.5, 0.6) is 0 Å². The van der Waals surface area contributed by atoms with Crippen LogP contribution in [0.3, 0.4) is 0 Å². The van der Waals surface area contributed by atoms with Gasteiger partial charge in [0.05, 0.1) is 11.8 Å². The fourth-order valence-electron chi connectivity index (χ4n) is 3.47. The molecule has 2 aromatic rings. The Morgan fingerprint density at radius 1 is 1.19 bits per heavy atom. The molecule has 6 nitrogen and oxygen atoms in total. The highest BCUT2D eigenvalue weighted by molar-refractivity contribution is 5.97. The maximum atomic E-state index is 13.3. The summed E-state index contributed by atoms with van der Waals surface area (Å²) in [5.74, 6) is -0.595. The first-order chi connectivity index (χ1) is 13.0. The first-order valence-electron chi connectivity index (χ1n) is 9.24. The fourth-order valence-corrected chi connectivity index (χ4v) is 3.47. The number of furan rings is 1. The van der Waals surface area contributed by atoms with Gasteiger partial charge >= 0.3 is 5.97 Å². The number of carbonyl (C=O) groups is 2. The highest BCUT2D eigenvalue weighted by atomic mass is 16.5. The molecule has 0 aliphatic carbocycles. The van der Waals surface area contributed by atoms with E-state index in [-0.39, 0.29) is 18.1 Å². The van der Waals surface area contributed by atoms with Gasteiger partial charge in [0.2, 0.25) is 0 Å². The molecule has 1 aromatic carbocycles. The van der Waals surface area contributed by atoms with Gasteiger partial charge in [-0.05, 0) is 31.2 Å². The minimum atomic E-state index is -1.02. The van der Waals surface area contributed by atoms with Crippen molar-refractivity contribution < 1.29 is 23.8 Å². The van der Waals surface area contributed by atoms with Gasteiger partial charge in [-0.3, -0.25) is 9.59 Å². The van der Waals surface area contributed by atoms with E-state index in [0.29, 0.717) is 43.3 Å². The van der Waals surface area contributed by atoms with Crippen molar-refractivity contribution in [3.8, 4) is 0 Å². The van der Waals surface area contributed by atoms with E-state index in [9.17, 15) is 9.59 Å². The molecular formula is C21H25NO5. The molecule has 0 bridgehead atoms. The summed E-state index contributed by atoms with van der Waals surface area (Å²) in [4.78, 5) is 26.3. The number of nitrogens with zero attached hydrogens (tertiary/aromatic N) is 1. The van der Waals surface area contributed by atoms with Crippen molar-refractivity contribution >= 4 is 11.9 Å². The third kappa shape index (κ3) is 4.98. The minimum Gasteiger partial charge on any atom is -0.481 e. The van der Waals surface area contributed by atoms with Gasteiger partial charge < -0.3 is 19.2 Å². The quantitative estimate of drug-likeness (QED) is 0.808. The molecule has 1 fully saturated rings. The SMILES string of the molecule is Cc1coc(CC(=O)O)c1C(=O)N(Cc1ccccc1)CC1CCOCC1. The van der Waals surface area contributed by atoms with Crippen molar-refractivity contribution in [2.75, 3.05) is 19.8 Å². The van der Waals surface area contributed by atoms with Crippen molar-refractivity contribution in [3.05, 3.63) is 59.0 Å². The molecule has 1 aromatic heterocycles. The summed E-state index contributed by atoms with van der Waals surface area (Å²) in [6, 6.07) is 9.82. The van der Waals surface area contributed by atoms with Crippen LogP contribution in [0.25, 0.3) is 0 Å². The van der Waals surface area contributed by atoms with Crippen LogP contribution in [0.4, 0.5) is 0 Å². The second kappa shape index (κ2) is 8.86. The van der Waals surface area contributed by atoms with Gasteiger partial charge in [0.1, 0.15) is 12.2 Å². The average molecular weight is 371 g/mol. The standard InChI is InChI=1S/C21H25NO5/c1-15-14-27-18(11-19(23)24)20(15)21(25)22(12-16-5-3-2-4-6-16)13-17-7-9-26-10-8-17/h2-6,14,17H,7-13H2,1H3,(H,23,24). The highest BCUT2D eigenvalue weighted by Crippen LogP contribution is 2.24. The first kappa shape index (κ1) is 19.2. The molecule has 0 radical (unpaired) electrons. The van der Waals surface area contributed by atoms with Gasteiger partial charge in [-0.25, -0.2) is 0 Å². The zero-order valence-corrected chi connectivity index (χ0v) is 15.5. The number of ether oxygens (including phenoxy) is 1. The zero-order chi connectivity index (χ0) is 19.2. The predicted octanol–water partition coefficient (Wildman–Crippen LogP) is 3.28. The van der Waals surface area contributed by atoms with Gasteiger partial charge in [0, 0.05) is 31.9 Å². The van der Waals surface area contributed by atoms with E-state index in [1.807, 2.05) is 35.2 Å². The van der Waals surface area contributed by atoms with E-state index in [0.717, 1.165) is 18.4 Å². The Labute approximate surface area is 158 Å². The Hall–Kier alpha value is -2.60. The summed E-state index contributed by atoms with van der Waals surface area (Å²) >= 11 is 0. The van der Waals surface area contributed by atoms with Crippen LogP contribution in [0, 0.1) is 12.8 Å². The Bertz CT molecular complexity index is 777. The molecule has 1 N–H and O–H groups in total. The second-order valence-electron chi connectivity index (χ2n) is 7.01. The molecule has 1 aliphatic rings. The zero-order valence-electron chi connectivity index (χ0n) is 15.5. The van der Waals surface area contributed by atoms with Crippen LogP contribution in [-0.2, 0) is 22.5 Å². The Morgan fingerprint density at radius 3 is 2.56 bits per heavy atom. The van der Waals surface area contributed by atoms with Gasteiger partial charge in [-0.2, -0.15) is 0 Å². The highest BCUT2D eigenvalue weighted by Gasteiger charge is 2.27. The summed E-state index contributed by atoms with van der Waals surface area (Å²) in [5, 5.41) is 9.12. The predicted molar refractivity (Wildman–Crippen MR) is 99.5 cm³/mol. The molecule has 0 unspecified atom stereocenters.